The molecule has 0 bridgehead atoms. The van der Waals surface area contributed by atoms with Gasteiger partial charge in [0.2, 0.25) is 0 Å². The zero-order chi connectivity index (χ0) is 14.0. The van der Waals surface area contributed by atoms with E-state index >= 15 is 0 Å². The maximum absolute atomic E-state index is 12.0. The Morgan fingerprint density at radius 3 is 2.63 bits per heavy atom. The summed E-state index contributed by atoms with van der Waals surface area (Å²) in [7, 11) is 0. The van der Waals surface area contributed by atoms with Crippen LogP contribution in [0.3, 0.4) is 0 Å². The van der Waals surface area contributed by atoms with E-state index in [9.17, 15) is 9.59 Å². The molecular formula is C13H12N2O3S. The standard InChI is InChI=1S/C13H12N2O3S/c1-7-4-5-19-11(7)12(16)15-10-3-2-8(14)6-9(10)13(17)18/h2-6H,14H2,1H3,(H,15,16)(H,17,18). The van der Waals surface area contributed by atoms with E-state index in [0.717, 1.165) is 5.56 Å². The van der Waals surface area contributed by atoms with Crippen LogP contribution < -0.4 is 11.1 Å². The lowest BCUT2D eigenvalue weighted by atomic mass is 10.1. The number of rotatable bonds is 3. The lowest BCUT2D eigenvalue weighted by molar-refractivity contribution is 0.0698. The first-order valence-corrected chi connectivity index (χ1v) is 6.35. The van der Waals surface area contributed by atoms with E-state index in [0.29, 0.717) is 10.6 Å². The quantitative estimate of drug-likeness (QED) is 0.751. The third-order valence-electron chi connectivity index (χ3n) is 2.59. The number of carbonyl (C=O) groups is 2. The zero-order valence-corrected chi connectivity index (χ0v) is 11.0. The predicted molar refractivity (Wildman–Crippen MR) is 74.8 cm³/mol. The third kappa shape index (κ3) is 2.74. The minimum absolute atomic E-state index is 0.0254. The largest absolute Gasteiger partial charge is 0.478 e. The molecule has 1 aromatic heterocycles. The van der Waals surface area contributed by atoms with Gasteiger partial charge in [0, 0.05) is 5.69 Å². The highest BCUT2D eigenvalue weighted by Gasteiger charge is 2.15. The number of carboxylic acid groups (broad SMARTS) is 1. The van der Waals surface area contributed by atoms with Gasteiger partial charge >= 0.3 is 5.97 Å². The van der Waals surface area contributed by atoms with E-state index in [4.69, 9.17) is 10.8 Å². The second-order valence-corrected chi connectivity index (χ2v) is 4.91. The van der Waals surface area contributed by atoms with Gasteiger partial charge < -0.3 is 16.2 Å². The number of nitrogens with one attached hydrogen (secondary N) is 1. The summed E-state index contributed by atoms with van der Waals surface area (Å²) in [5.41, 5.74) is 6.94. The van der Waals surface area contributed by atoms with E-state index in [2.05, 4.69) is 5.32 Å². The molecule has 0 spiro atoms. The first-order chi connectivity index (χ1) is 8.99. The maximum atomic E-state index is 12.0. The zero-order valence-electron chi connectivity index (χ0n) is 10.1. The summed E-state index contributed by atoms with van der Waals surface area (Å²) >= 11 is 1.31. The van der Waals surface area contributed by atoms with Crippen LogP contribution in [-0.2, 0) is 0 Å². The van der Waals surface area contributed by atoms with E-state index in [-0.39, 0.29) is 17.2 Å². The number of nitrogen functional groups attached to an aromatic ring is 1. The minimum atomic E-state index is -1.13. The highest BCUT2D eigenvalue weighted by molar-refractivity contribution is 7.12. The molecule has 0 aliphatic carbocycles. The molecule has 0 saturated heterocycles. The number of anilines is 2. The van der Waals surface area contributed by atoms with E-state index in [1.165, 1.54) is 23.5 Å². The number of thiophene rings is 1. The second kappa shape index (κ2) is 5.11. The number of hydrogen-bond acceptors (Lipinski definition) is 4. The second-order valence-electron chi connectivity index (χ2n) is 4.00. The van der Waals surface area contributed by atoms with Gasteiger partial charge in [-0.15, -0.1) is 11.3 Å². The molecular weight excluding hydrogens is 264 g/mol. The molecule has 5 nitrogen and oxygen atoms in total. The van der Waals surface area contributed by atoms with Crippen LogP contribution in [-0.4, -0.2) is 17.0 Å². The summed E-state index contributed by atoms with van der Waals surface area (Å²) in [4.78, 5) is 23.7. The Hall–Kier alpha value is -2.34. The van der Waals surface area contributed by atoms with Gasteiger partial charge in [0.15, 0.2) is 0 Å². The van der Waals surface area contributed by atoms with Crippen LogP contribution in [0.1, 0.15) is 25.6 Å². The van der Waals surface area contributed by atoms with Gasteiger partial charge in [-0.3, -0.25) is 4.79 Å². The molecule has 0 atom stereocenters. The van der Waals surface area contributed by atoms with Crippen LogP contribution in [0.5, 0.6) is 0 Å². The summed E-state index contributed by atoms with van der Waals surface area (Å²) in [6.45, 7) is 1.83. The first-order valence-electron chi connectivity index (χ1n) is 5.47. The normalized spacial score (nSPS) is 10.2. The number of aryl methyl sites for hydroxylation is 1. The van der Waals surface area contributed by atoms with Crippen molar-refractivity contribution >= 4 is 34.6 Å². The number of aromatic carboxylic acids is 1. The number of hydrogen-bond donors (Lipinski definition) is 3. The van der Waals surface area contributed by atoms with Crippen LogP contribution in [0.15, 0.2) is 29.6 Å². The molecule has 4 N–H and O–H groups in total. The summed E-state index contributed by atoms with van der Waals surface area (Å²) in [5, 5.41) is 13.5. The van der Waals surface area contributed by atoms with Gasteiger partial charge in [-0.1, -0.05) is 0 Å². The molecule has 0 aliphatic heterocycles. The average Bonchev–Trinajstić information content (AvgIpc) is 2.77. The van der Waals surface area contributed by atoms with Crippen molar-refractivity contribution in [1.82, 2.24) is 0 Å². The van der Waals surface area contributed by atoms with Crippen molar-refractivity contribution < 1.29 is 14.7 Å². The Morgan fingerprint density at radius 1 is 1.32 bits per heavy atom. The van der Waals surface area contributed by atoms with Crippen molar-refractivity contribution in [2.45, 2.75) is 6.92 Å². The smallest absolute Gasteiger partial charge is 0.337 e. The molecule has 1 heterocycles. The highest BCUT2D eigenvalue weighted by atomic mass is 32.1. The fraction of sp³-hybridized carbons (Fsp3) is 0.0769. The van der Waals surface area contributed by atoms with E-state index < -0.39 is 5.97 Å². The van der Waals surface area contributed by atoms with Crippen LogP contribution in [0.4, 0.5) is 11.4 Å². The van der Waals surface area contributed by atoms with Crippen molar-refractivity contribution in [2.75, 3.05) is 11.1 Å². The van der Waals surface area contributed by atoms with Crippen molar-refractivity contribution in [1.29, 1.82) is 0 Å². The van der Waals surface area contributed by atoms with Crippen LogP contribution in [0, 0.1) is 6.92 Å². The van der Waals surface area contributed by atoms with Crippen LogP contribution in [0.25, 0.3) is 0 Å². The van der Waals surface area contributed by atoms with Gasteiger partial charge in [-0.05, 0) is 42.1 Å². The lowest BCUT2D eigenvalue weighted by Crippen LogP contribution is -2.14. The van der Waals surface area contributed by atoms with Crippen LogP contribution in [0.2, 0.25) is 0 Å². The molecule has 0 aliphatic rings. The van der Waals surface area contributed by atoms with E-state index in [1.54, 1.807) is 6.07 Å². The fourth-order valence-electron chi connectivity index (χ4n) is 1.63. The number of nitrogens with two attached hydrogens (primary N) is 1. The number of amides is 1. The Bertz CT molecular complexity index is 649. The van der Waals surface area contributed by atoms with Gasteiger partial charge in [-0.2, -0.15) is 0 Å². The monoisotopic (exact) mass is 276 g/mol. The summed E-state index contributed by atoms with van der Waals surface area (Å²) in [6.07, 6.45) is 0. The fourth-order valence-corrected chi connectivity index (χ4v) is 2.45. The summed E-state index contributed by atoms with van der Waals surface area (Å²) in [5.74, 6) is -1.45. The molecule has 0 fully saturated rings. The Kier molecular flexibility index (Phi) is 3.52. The topological polar surface area (TPSA) is 92.4 Å². The predicted octanol–water partition coefficient (Wildman–Crippen LogP) is 2.59. The molecule has 0 radical (unpaired) electrons. The molecule has 1 aromatic carbocycles. The number of carbonyl (C=O) groups excluding carboxylic acids is 1. The molecule has 2 aromatic rings. The first kappa shape index (κ1) is 13.1. The van der Waals surface area contributed by atoms with Gasteiger partial charge in [-0.25, -0.2) is 4.79 Å². The Morgan fingerprint density at radius 2 is 2.05 bits per heavy atom. The third-order valence-corrected chi connectivity index (χ3v) is 3.61. The average molecular weight is 276 g/mol. The molecule has 19 heavy (non-hydrogen) atoms. The molecule has 98 valence electrons. The van der Waals surface area contributed by atoms with Crippen molar-refractivity contribution in [3.05, 3.63) is 45.6 Å². The lowest BCUT2D eigenvalue weighted by Gasteiger charge is -2.08. The maximum Gasteiger partial charge on any atom is 0.337 e. The molecule has 6 heteroatoms. The number of carboxylic acids is 1. The minimum Gasteiger partial charge on any atom is -0.478 e. The highest BCUT2D eigenvalue weighted by Crippen LogP contribution is 2.22. The Labute approximate surface area is 113 Å². The molecule has 0 saturated carbocycles. The van der Waals surface area contributed by atoms with Gasteiger partial charge in [0.1, 0.15) is 0 Å². The summed E-state index contributed by atoms with van der Waals surface area (Å²) in [6, 6.07) is 6.18. The summed E-state index contributed by atoms with van der Waals surface area (Å²) < 4.78 is 0. The SMILES string of the molecule is Cc1ccsc1C(=O)Nc1ccc(N)cc1C(=O)O. The van der Waals surface area contributed by atoms with E-state index in [1.807, 2.05) is 18.4 Å². The van der Waals surface area contributed by atoms with Gasteiger partial charge in [0.25, 0.3) is 5.91 Å². The van der Waals surface area contributed by atoms with Gasteiger partial charge in [0.05, 0.1) is 16.1 Å². The number of benzene rings is 1. The molecule has 2 rings (SSSR count). The van der Waals surface area contributed by atoms with Crippen molar-refractivity contribution in [2.24, 2.45) is 0 Å². The van der Waals surface area contributed by atoms with Crippen LogP contribution >= 0.6 is 11.3 Å². The molecule has 0 unspecified atom stereocenters. The Balaban J connectivity index is 2.32. The van der Waals surface area contributed by atoms with Crippen molar-refractivity contribution in [3.8, 4) is 0 Å². The van der Waals surface area contributed by atoms with Crippen molar-refractivity contribution in [3.63, 3.8) is 0 Å². The molecule has 1 amide bonds.